The second-order valence-electron chi connectivity index (χ2n) is 6.56. The van der Waals surface area contributed by atoms with Gasteiger partial charge >= 0.3 is 0 Å². The third kappa shape index (κ3) is 4.57. The summed E-state index contributed by atoms with van der Waals surface area (Å²) in [6.45, 7) is 3.52. The molecular formula is C21H23N5O4. The predicted molar refractivity (Wildman–Crippen MR) is 112 cm³/mol. The molecule has 0 spiro atoms. The van der Waals surface area contributed by atoms with Crippen molar-refractivity contribution in [3.05, 3.63) is 59.4 Å². The van der Waals surface area contributed by atoms with Crippen LogP contribution in [-0.2, 0) is 11.3 Å². The highest BCUT2D eigenvalue weighted by molar-refractivity contribution is 6.04. The van der Waals surface area contributed by atoms with Gasteiger partial charge in [0.15, 0.2) is 5.69 Å². The van der Waals surface area contributed by atoms with Crippen LogP contribution in [0, 0.1) is 13.8 Å². The number of ether oxygens (including phenoxy) is 2. The summed E-state index contributed by atoms with van der Waals surface area (Å²) in [4.78, 5) is 25.1. The summed E-state index contributed by atoms with van der Waals surface area (Å²) in [7, 11) is 3.04. The summed E-state index contributed by atoms with van der Waals surface area (Å²) in [6.07, 6.45) is 0. The van der Waals surface area contributed by atoms with Crippen molar-refractivity contribution in [3.63, 3.8) is 0 Å². The van der Waals surface area contributed by atoms with Crippen molar-refractivity contribution in [2.24, 2.45) is 0 Å². The summed E-state index contributed by atoms with van der Waals surface area (Å²) < 4.78 is 11.8. The Balaban J connectivity index is 1.72. The van der Waals surface area contributed by atoms with Gasteiger partial charge in [0.1, 0.15) is 18.0 Å². The number of nitrogens with one attached hydrogen (secondary N) is 2. The third-order valence-corrected chi connectivity index (χ3v) is 4.57. The van der Waals surface area contributed by atoms with Crippen LogP contribution in [-0.4, -0.2) is 41.0 Å². The van der Waals surface area contributed by atoms with Gasteiger partial charge in [-0.2, -0.15) is 0 Å². The number of carbonyl (C=O) groups is 2. The highest BCUT2D eigenvalue weighted by Gasteiger charge is 2.20. The number of aryl methyl sites for hydroxylation is 1. The van der Waals surface area contributed by atoms with Crippen LogP contribution in [0.4, 0.5) is 11.4 Å². The quantitative estimate of drug-likeness (QED) is 0.621. The van der Waals surface area contributed by atoms with Crippen molar-refractivity contribution in [3.8, 4) is 11.5 Å². The Labute approximate surface area is 174 Å². The van der Waals surface area contributed by atoms with Crippen LogP contribution < -0.4 is 20.1 Å². The average molecular weight is 409 g/mol. The topological polar surface area (TPSA) is 107 Å². The number of hydrogen-bond acceptors (Lipinski definition) is 6. The van der Waals surface area contributed by atoms with E-state index in [-0.39, 0.29) is 18.1 Å². The van der Waals surface area contributed by atoms with Gasteiger partial charge in [0.05, 0.1) is 25.6 Å². The molecule has 0 aliphatic carbocycles. The number of nitrogens with zero attached hydrogens (tertiary/aromatic N) is 3. The van der Waals surface area contributed by atoms with E-state index in [4.69, 9.17) is 9.47 Å². The predicted octanol–water partition coefficient (Wildman–Crippen LogP) is 2.80. The molecule has 0 aliphatic heterocycles. The number of hydrogen-bond donors (Lipinski definition) is 2. The van der Waals surface area contributed by atoms with E-state index in [0.717, 1.165) is 11.3 Å². The number of anilines is 2. The number of rotatable bonds is 7. The molecule has 30 heavy (non-hydrogen) atoms. The molecule has 3 aromatic rings. The molecule has 9 heteroatoms. The lowest BCUT2D eigenvalue weighted by Crippen LogP contribution is -2.21. The molecule has 1 heterocycles. The average Bonchev–Trinajstić information content (AvgIpc) is 3.09. The molecule has 1 aromatic heterocycles. The molecule has 0 unspecified atom stereocenters. The zero-order valence-corrected chi connectivity index (χ0v) is 17.2. The standard InChI is InChI=1S/C21H23N5O4/c1-13-7-5-6-8-16(13)22-19(27)12-26-14(2)20(24-25-26)21(28)23-17-11-15(29-3)9-10-18(17)30-4/h5-11H,12H2,1-4H3,(H,22,27)(H,23,28). The lowest BCUT2D eigenvalue weighted by molar-refractivity contribution is -0.117. The normalized spacial score (nSPS) is 10.4. The van der Waals surface area contributed by atoms with Gasteiger partial charge in [0.2, 0.25) is 5.91 Å². The molecule has 0 saturated heterocycles. The highest BCUT2D eigenvalue weighted by Crippen LogP contribution is 2.29. The van der Waals surface area contributed by atoms with E-state index in [1.165, 1.54) is 18.9 Å². The monoisotopic (exact) mass is 409 g/mol. The summed E-state index contributed by atoms with van der Waals surface area (Å²) in [6, 6.07) is 12.5. The molecule has 2 amide bonds. The van der Waals surface area contributed by atoms with Gasteiger partial charge in [0.25, 0.3) is 5.91 Å². The maximum absolute atomic E-state index is 12.7. The highest BCUT2D eigenvalue weighted by atomic mass is 16.5. The molecule has 0 radical (unpaired) electrons. The molecule has 0 fully saturated rings. The zero-order chi connectivity index (χ0) is 21.7. The lowest BCUT2D eigenvalue weighted by atomic mass is 10.2. The van der Waals surface area contributed by atoms with Crippen LogP contribution in [0.5, 0.6) is 11.5 Å². The van der Waals surface area contributed by atoms with Crippen molar-refractivity contribution in [1.82, 2.24) is 15.0 Å². The minimum Gasteiger partial charge on any atom is -0.497 e. The fourth-order valence-corrected chi connectivity index (χ4v) is 2.85. The Morgan fingerprint density at radius 1 is 1.00 bits per heavy atom. The molecule has 9 nitrogen and oxygen atoms in total. The first kappa shape index (κ1) is 20.8. The van der Waals surface area contributed by atoms with Crippen LogP contribution in [0.15, 0.2) is 42.5 Å². The number of para-hydroxylation sites is 1. The van der Waals surface area contributed by atoms with E-state index in [1.54, 1.807) is 25.1 Å². The van der Waals surface area contributed by atoms with Crippen molar-refractivity contribution < 1.29 is 19.1 Å². The maximum Gasteiger partial charge on any atom is 0.278 e. The minimum atomic E-state index is -0.468. The SMILES string of the molecule is COc1ccc(OC)c(NC(=O)c2nnn(CC(=O)Nc3ccccc3C)c2C)c1. The molecule has 3 rings (SSSR count). The molecule has 0 aliphatic rings. The van der Waals surface area contributed by atoms with Crippen molar-refractivity contribution in [2.45, 2.75) is 20.4 Å². The van der Waals surface area contributed by atoms with Crippen LogP contribution in [0.2, 0.25) is 0 Å². The van der Waals surface area contributed by atoms with E-state index < -0.39 is 5.91 Å². The minimum absolute atomic E-state index is 0.0665. The largest absolute Gasteiger partial charge is 0.497 e. The van der Waals surface area contributed by atoms with Gasteiger partial charge in [0, 0.05) is 11.8 Å². The number of aromatic nitrogens is 3. The van der Waals surface area contributed by atoms with Crippen molar-refractivity contribution in [1.29, 1.82) is 0 Å². The van der Waals surface area contributed by atoms with E-state index in [0.29, 0.717) is 22.9 Å². The molecular weight excluding hydrogens is 386 g/mol. The fourth-order valence-electron chi connectivity index (χ4n) is 2.85. The van der Waals surface area contributed by atoms with Crippen LogP contribution in [0.3, 0.4) is 0 Å². The number of amides is 2. The Morgan fingerprint density at radius 2 is 1.77 bits per heavy atom. The van der Waals surface area contributed by atoms with Gasteiger partial charge in [-0.25, -0.2) is 4.68 Å². The Hall–Kier alpha value is -3.88. The number of benzene rings is 2. The Kier molecular flexibility index (Phi) is 6.31. The summed E-state index contributed by atoms with van der Waals surface area (Å²) in [5, 5.41) is 13.5. The first-order valence-electron chi connectivity index (χ1n) is 9.22. The third-order valence-electron chi connectivity index (χ3n) is 4.57. The van der Waals surface area contributed by atoms with E-state index >= 15 is 0 Å². The van der Waals surface area contributed by atoms with E-state index in [1.807, 2.05) is 31.2 Å². The molecule has 0 saturated carbocycles. The molecule has 156 valence electrons. The summed E-state index contributed by atoms with van der Waals surface area (Å²) >= 11 is 0. The van der Waals surface area contributed by atoms with Gasteiger partial charge in [-0.15, -0.1) is 5.10 Å². The number of methoxy groups -OCH3 is 2. The second-order valence-corrected chi connectivity index (χ2v) is 6.56. The molecule has 2 N–H and O–H groups in total. The first-order valence-corrected chi connectivity index (χ1v) is 9.22. The number of carbonyl (C=O) groups excluding carboxylic acids is 2. The Morgan fingerprint density at radius 3 is 2.47 bits per heavy atom. The van der Waals surface area contributed by atoms with Crippen LogP contribution in [0.1, 0.15) is 21.7 Å². The summed E-state index contributed by atoms with van der Waals surface area (Å²) in [5.41, 5.74) is 2.70. The second kappa shape index (κ2) is 9.08. The summed E-state index contributed by atoms with van der Waals surface area (Å²) in [5.74, 6) is 0.314. The molecule has 0 bridgehead atoms. The molecule has 0 atom stereocenters. The van der Waals surface area contributed by atoms with Crippen LogP contribution in [0.25, 0.3) is 0 Å². The zero-order valence-electron chi connectivity index (χ0n) is 17.2. The van der Waals surface area contributed by atoms with Gasteiger partial charge in [-0.3, -0.25) is 9.59 Å². The van der Waals surface area contributed by atoms with Crippen molar-refractivity contribution in [2.75, 3.05) is 24.9 Å². The van der Waals surface area contributed by atoms with E-state index in [9.17, 15) is 9.59 Å². The molecule has 2 aromatic carbocycles. The maximum atomic E-state index is 12.7. The van der Waals surface area contributed by atoms with Crippen molar-refractivity contribution >= 4 is 23.2 Å². The van der Waals surface area contributed by atoms with Gasteiger partial charge in [-0.1, -0.05) is 23.4 Å². The smallest absolute Gasteiger partial charge is 0.278 e. The van der Waals surface area contributed by atoms with Gasteiger partial charge in [-0.05, 0) is 37.6 Å². The van der Waals surface area contributed by atoms with Gasteiger partial charge < -0.3 is 20.1 Å². The first-order chi connectivity index (χ1) is 14.4. The Bertz CT molecular complexity index is 1080. The van der Waals surface area contributed by atoms with Crippen LogP contribution >= 0.6 is 0 Å². The fraction of sp³-hybridized carbons (Fsp3) is 0.238. The van der Waals surface area contributed by atoms with E-state index in [2.05, 4.69) is 20.9 Å². The lowest BCUT2D eigenvalue weighted by Gasteiger charge is -2.11.